The Kier molecular flexibility index (Phi) is 5.95. The van der Waals surface area contributed by atoms with Gasteiger partial charge >= 0.3 is 0 Å². The van der Waals surface area contributed by atoms with Crippen molar-refractivity contribution < 1.29 is 19.0 Å². The fraction of sp³-hybridized carbons (Fsp3) is 0.421. The third-order valence-corrected chi connectivity index (χ3v) is 4.52. The van der Waals surface area contributed by atoms with Crippen LogP contribution >= 0.6 is 0 Å². The summed E-state index contributed by atoms with van der Waals surface area (Å²) in [5.41, 5.74) is 0.456. The molecule has 2 heterocycles. The lowest BCUT2D eigenvalue weighted by molar-refractivity contribution is 0.0932. The van der Waals surface area contributed by atoms with Gasteiger partial charge in [-0.25, -0.2) is 9.97 Å². The number of anilines is 1. The molecule has 1 aromatic carbocycles. The molecule has 0 unspecified atom stereocenters. The van der Waals surface area contributed by atoms with Gasteiger partial charge in [-0.05, 0) is 31.0 Å². The van der Waals surface area contributed by atoms with E-state index in [2.05, 4.69) is 20.2 Å². The maximum atomic E-state index is 12.8. The highest BCUT2D eigenvalue weighted by Gasteiger charge is 2.24. The Labute approximate surface area is 158 Å². The summed E-state index contributed by atoms with van der Waals surface area (Å²) in [6.45, 7) is 1.54. The Balaban J connectivity index is 1.73. The molecule has 1 aliphatic heterocycles. The third kappa shape index (κ3) is 4.21. The molecule has 2 aromatic rings. The van der Waals surface area contributed by atoms with Gasteiger partial charge < -0.3 is 24.4 Å². The first-order valence-corrected chi connectivity index (χ1v) is 8.79. The monoisotopic (exact) mass is 372 g/mol. The lowest BCUT2D eigenvalue weighted by Crippen LogP contribution is -2.48. The van der Waals surface area contributed by atoms with Gasteiger partial charge in [0.2, 0.25) is 11.7 Å². The smallest absolute Gasteiger partial charge is 0.251 e. The van der Waals surface area contributed by atoms with Gasteiger partial charge in [-0.3, -0.25) is 4.79 Å². The average Bonchev–Trinajstić information content (AvgIpc) is 2.73. The Bertz CT molecular complexity index is 760. The Hall–Kier alpha value is -3.03. The second-order valence-corrected chi connectivity index (χ2v) is 6.22. The molecule has 0 radical (unpaired) electrons. The minimum Gasteiger partial charge on any atom is -0.493 e. The molecule has 0 saturated carbocycles. The van der Waals surface area contributed by atoms with Crippen LogP contribution in [0.4, 0.5) is 5.95 Å². The van der Waals surface area contributed by atoms with Crippen LogP contribution in [0.2, 0.25) is 0 Å². The van der Waals surface area contributed by atoms with Crippen LogP contribution in [0.15, 0.2) is 30.6 Å². The summed E-state index contributed by atoms with van der Waals surface area (Å²) in [6.07, 6.45) is 5.30. The molecule has 3 rings (SSSR count). The third-order valence-electron chi connectivity index (χ3n) is 4.52. The molecule has 0 spiro atoms. The number of nitrogens with one attached hydrogen (secondary N) is 1. The van der Waals surface area contributed by atoms with Gasteiger partial charge in [-0.2, -0.15) is 0 Å². The van der Waals surface area contributed by atoms with Gasteiger partial charge in [-0.15, -0.1) is 0 Å². The molecule has 1 N–H and O–H groups in total. The van der Waals surface area contributed by atoms with E-state index in [1.807, 2.05) is 0 Å². The van der Waals surface area contributed by atoms with Crippen molar-refractivity contribution in [2.75, 3.05) is 39.3 Å². The van der Waals surface area contributed by atoms with Crippen molar-refractivity contribution in [1.82, 2.24) is 15.3 Å². The van der Waals surface area contributed by atoms with E-state index in [1.54, 1.807) is 30.6 Å². The summed E-state index contributed by atoms with van der Waals surface area (Å²) in [4.78, 5) is 23.5. The van der Waals surface area contributed by atoms with Gasteiger partial charge in [0.25, 0.3) is 5.91 Å². The number of benzene rings is 1. The van der Waals surface area contributed by atoms with E-state index in [-0.39, 0.29) is 11.9 Å². The number of piperidine rings is 1. The zero-order valence-electron chi connectivity index (χ0n) is 15.8. The second-order valence-electron chi connectivity index (χ2n) is 6.22. The van der Waals surface area contributed by atoms with Gasteiger partial charge in [0.15, 0.2) is 11.5 Å². The fourth-order valence-electron chi connectivity index (χ4n) is 3.21. The minimum atomic E-state index is -0.185. The lowest BCUT2D eigenvalue weighted by Gasteiger charge is -2.33. The highest BCUT2D eigenvalue weighted by molar-refractivity contribution is 5.95. The molecule has 1 fully saturated rings. The van der Waals surface area contributed by atoms with E-state index < -0.39 is 0 Å². The first kappa shape index (κ1) is 18.8. The van der Waals surface area contributed by atoms with Crippen LogP contribution in [-0.2, 0) is 0 Å². The fourth-order valence-corrected chi connectivity index (χ4v) is 3.21. The summed E-state index contributed by atoms with van der Waals surface area (Å²) in [5.74, 6) is 1.86. The highest BCUT2D eigenvalue weighted by Crippen LogP contribution is 2.38. The van der Waals surface area contributed by atoms with Crippen LogP contribution in [0, 0.1) is 0 Å². The highest BCUT2D eigenvalue weighted by atomic mass is 16.5. The summed E-state index contributed by atoms with van der Waals surface area (Å²) in [6, 6.07) is 5.10. The number of carbonyl (C=O) groups is 1. The SMILES string of the molecule is COc1cc(C(=O)N[C@H]2CCCN(c3ncccn3)C2)cc(OC)c1OC. The summed E-state index contributed by atoms with van der Waals surface area (Å²) >= 11 is 0. The summed E-state index contributed by atoms with van der Waals surface area (Å²) in [7, 11) is 4.58. The molecule has 8 nitrogen and oxygen atoms in total. The first-order valence-electron chi connectivity index (χ1n) is 8.79. The minimum absolute atomic E-state index is 0.00847. The van der Waals surface area contributed by atoms with E-state index >= 15 is 0 Å². The van der Waals surface area contributed by atoms with E-state index in [1.165, 1.54) is 21.3 Å². The predicted octanol–water partition coefficient (Wildman–Crippen LogP) is 1.90. The number of ether oxygens (including phenoxy) is 3. The number of hydrogen-bond donors (Lipinski definition) is 1. The molecule has 27 heavy (non-hydrogen) atoms. The van der Waals surface area contributed by atoms with Crippen LogP contribution in [0.5, 0.6) is 17.2 Å². The Morgan fingerprint density at radius 3 is 2.37 bits per heavy atom. The quantitative estimate of drug-likeness (QED) is 0.829. The zero-order valence-corrected chi connectivity index (χ0v) is 15.8. The largest absolute Gasteiger partial charge is 0.493 e. The van der Waals surface area contributed by atoms with E-state index in [0.717, 1.165) is 19.4 Å². The van der Waals surface area contributed by atoms with Crippen molar-refractivity contribution in [1.29, 1.82) is 0 Å². The normalized spacial score (nSPS) is 16.6. The van der Waals surface area contributed by atoms with Gasteiger partial charge in [0.1, 0.15) is 0 Å². The molecule has 1 aliphatic rings. The number of methoxy groups -OCH3 is 3. The second kappa shape index (κ2) is 8.57. The van der Waals surface area contributed by atoms with Crippen LogP contribution in [0.1, 0.15) is 23.2 Å². The molecule has 1 atom stereocenters. The average molecular weight is 372 g/mol. The van der Waals surface area contributed by atoms with Crippen molar-refractivity contribution in [2.45, 2.75) is 18.9 Å². The maximum Gasteiger partial charge on any atom is 0.251 e. The number of rotatable bonds is 6. The maximum absolute atomic E-state index is 12.8. The first-order chi connectivity index (χ1) is 13.2. The van der Waals surface area contributed by atoms with Crippen molar-refractivity contribution >= 4 is 11.9 Å². The van der Waals surface area contributed by atoms with Gasteiger partial charge in [0, 0.05) is 37.1 Å². The van der Waals surface area contributed by atoms with Crippen molar-refractivity contribution in [3.05, 3.63) is 36.2 Å². The standard InChI is InChI=1S/C19H24N4O4/c1-25-15-10-13(11-16(26-2)17(15)27-3)18(24)22-14-6-4-9-23(12-14)19-20-7-5-8-21-19/h5,7-8,10-11,14H,4,6,9,12H2,1-3H3,(H,22,24)/t14-/m0/s1. The van der Waals surface area contributed by atoms with E-state index in [9.17, 15) is 4.79 Å². The van der Waals surface area contributed by atoms with Crippen LogP contribution < -0.4 is 24.4 Å². The van der Waals surface area contributed by atoms with E-state index in [4.69, 9.17) is 14.2 Å². The molecule has 144 valence electrons. The molecule has 0 aliphatic carbocycles. The molecular formula is C19H24N4O4. The molecule has 1 saturated heterocycles. The van der Waals surface area contributed by atoms with Crippen LogP contribution in [0.3, 0.4) is 0 Å². The summed E-state index contributed by atoms with van der Waals surface area (Å²) in [5, 5.41) is 3.09. The Morgan fingerprint density at radius 1 is 1.11 bits per heavy atom. The molecule has 8 heteroatoms. The van der Waals surface area contributed by atoms with Crippen molar-refractivity contribution in [3.63, 3.8) is 0 Å². The van der Waals surface area contributed by atoms with Gasteiger partial charge in [0.05, 0.1) is 21.3 Å². The predicted molar refractivity (Wildman–Crippen MR) is 101 cm³/mol. The van der Waals surface area contributed by atoms with Crippen molar-refractivity contribution in [3.8, 4) is 17.2 Å². The number of nitrogens with zero attached hydrogens (tertiary/aromatic N) is 3. The molecule has 1 aromatic heterocycles. The lowest BCUT2D eigenvalue weighted by atomic mass is 10.0. The van der Waals surface area contributed by atoms with Crippen LogP contribution in [-0.4, -0.2) is 56.3 Å². The number of carbonyl (C=O) groups excluding carboxylic acids is 1. The molecular weight excluding hydrogens is 348 g/mol. The van der Waals surface area contributed by atoms with E-state index in [0.29, 0.717) is 35.3 Å². The van der Waals surface area contributed by atoms with Crippen LogP contribution in [0.25, 0.3) is 0 Å². The van der Waals surface area contributed by atoms with Crippen molar-refractivity contribution in [2.24, 2.45) is 0 Å². The summed E-state index contributed by atoms with van der Waals surface area (Å²) < 4.78 is 16.0. The number of amides is 1. The Morgan fingerprint density at radius 2 is 1.78 bits per heavy atom. The van der Waals surface area contributed by atoms with Gasteiger partial charge in [-0.1, -0.05) is 0 Å². The molecule has 0 bridgehead atoms. The number of hydrogen-bond acceptors (Lipinski definition) is 7. The zero-order chi connectivity index (χ0) is 19.2. The topological polar surface area (TPSA) is 85.8 Å². The molecule has 1 amide bonds. The number of aromatic nitrogens is 2.